The second-order valence-electron chi connectivity index (χ2n) is 13.6. The van der Waals surface area contributed by atoms with Gasteiger partial charge >= 0.3 is 0 Å². The van der Waals surface area contributed by atoms with Gasteiger partial charge in [0.05, 0.1) is 0 Å². The van der Waals surface area contributed by atoms with Gasteiger partial charge in [-0.05, 0) is 63.2 Å². The SMILES string of the molecule is c1ccc(-c2ccc(-c3cc(-c4ccccc4)cc4c3sc3c(-c5nc(-c6ccccc6)nc(-c6cccc(-c7ccccc7)c6)n5)cccc34)cc2)cc1. The van der Waals surface area contributed by atoms with Crippen molar-refractivity contribution in [3.8, 4) is 78.7 Å². The van der Waals surface area contributed by atoms with Crippen molar-refractivity contribution in [3.63, 3.8) is 0 Å². The molecule has 0 aliphatic carbocycles. The summed E-state index contributed by atoms with van der Waals surface area (Å²) in [6.45, 7) is 0. The Kier molecular flexibility index (Phi) is 8.36. The Morgan fingerprint density at radius 2 is 0.709 bits per heavy atom. The lowest BCUT2D eigenvalue weighted by atomic mass is 9.94. The molecule has 0 radical (unpaired) electrons. The predicted molar refractivity (Wildman–Crippen MR) is 231 cm³/mol. The number of thiophene rings is 1. The quantitative estimate of drug-likeness (QED) is 0.165. The molecular weight excluding hydrogens is 687 g/mol. The molecule has 0 atom stereocenters. The molecule has 0 saturated heterocycles. The topological polar surface area (TPSA) is 38.7 Å². The highest BCUT2D eigenvalue weighted by Gasteiger charge is 2.19. The maximum atomic E-state index is 5.22. The smallest absolute Gasteiger partial charge is 0.165 e. The van der Waals surface area contributed by atoms with Gasteiger partial charge in [-0.15, -0.1) is 11.3 Å². The van der Waals surface area contributed by atoms with E-state index in [0.29, 0.717) is 17.5 Å². The minimum Gasteiger partial charge on any atom is -0.208 e. The van der Waals surface area contributed by atoms with Crippen molar-refractivity contribution in [1.82, 2.24) is 15.0 Å². The second-order valence-corrected chi connectivity index (χ2v) is 14.6. The maximum absolute atomic E-state index is 5.22. The van der Waals surface area contributed by atoms with E-state index in [4.69, 9.17) is 15.0 Å². The van der Waals surface area contributed by atoms with Crippen LogP contribution in [0.4, 0.5) is 0 Å². The van der Waals surface area contributed by atoms with Crippen molar-refractivity contribution in [2.45, 2.75) is 0 Å². The van der Waals surface area contributed by atoms with Crippen LogP contribution in [0.3, 0.4) is 0 Å². The van der Waals surface area contributed by atoms with Crippen LogP contribution in [0.2, 0.25) is 0 Å². The van der Waals surface area contributed by atoms with E-state index >= 15 is 0 Å². The summed E-state index contributed by atoms with van der Waals surface area (Å²) in [5, 5.41) is 2.41. The summed E-state index contributed by atoms with van der Waals surface area (Å²) in [5.74, 6) is 1.95. The Labute approximate surface area is 323 Å². The van der Waals surface area contributed by atoms with E-state index in [1.54, 1.807) is 0 Å². The molecule has 0 spiro atoms. The van der Waals surface area contributed by atoms with Crippen LogP contribution in [-0.2, 0) is 0 Å². The van der Waals surface area contributed by atoms with Crippen LogP contribution in [-0.4, -0.2) is 15.0 Å². The van der Waals surface area contributed by atoms with Crippen molar-refractivity contribution in [2.24, 2.45) is 0 Å². The molecule has 0 fully saturated rings. The Balaban J connectivity index is 1.17. The van der Waals surface area contributed by atoms with E-state index in [2.05, 4.69) is 176 Å². The number of aromatic nitrogens is 3. The first-order chi connectivity index (χ1) is 27.2. The highest BCUT2D eigenvalue weighted by atomic mass is 32.1. The zero-order valence-corrected chi connectivity index (χ0v) is 30.6. The van der Waals surface area contributed by atoms with E-state index in [1.807, 2.05) is 35.6 Å². The minimum absolute atomic E-state index is 0.644. The summed E-state index contributed by atoms with van der Waals surface area (Å²) in [6.07, 6.45) is 0. The van der Waals surface area contributed by atoms with Crippen LogP contribution in [0.5, 0.6) is 0 Å². The van der Waals surface area contributed by atoms with E-state index in [1.165, 1.54) is 48.9 Å². The Morgan fingerprint density at radius 1 is 0.255 bits per heavy atom. The molecular formula is C51H33N3S. The normalized spacial score (nSPS) is 11.3. The molecule has 4 heteroatoms. The molecule has 10 rings (SSSR count). The van der Waals surface area contributed by atoms with Crippen molar-refractivity contribution in [1.29, 1.82) is 0 Å². The Hall–Kier alpha value is -7.01. The maximum Gasteiger partial charge on any atom is 0.165 e. The second kappa shape index (κ2) is 14.1. The van der Waals surface area contributed by atoms with Crippen LogP contribution >= 0.6 is 11.3 Å². The third-order valence-corrected chi connectivity index (χ3v) is 11.4. The number of rotatable bonds is 7. The lowest BCUT2D eigenvalue weighted by Crippen LogP contribution is -2.00. The molecule has 0 N–H and O–H groups in total. The van der Waals surface area contributed by atoms with Crippen molar-refractivity contribution in [2.75, 3.05) is 0 Å². The van der Waals surface area contributed by atoms with Crippen LogP contribution in [0.1, 0.15) is 0 Å². The zero-order valence-electron chi connectivity index (χ0n) is 29.8. The van der Waals surface area contributed by atoms with Gasteiger partial charge in [-0.25, -0.2) is 15.0 Å². The first kappa shape index (κ1) is 32.6. The fourth-order valence-corrected chi connectivity index (χ4v) is 8.70. The number of hydrogen-bond donors (Lipinski definition) is 0. The molecule has 8 aromatic carbocycles. The lowest BCUT2D eigenvalue weighted by Gasteiger charge is -2.10. The van der Waals surface area contributed by atoms with Gasteiger partial charge in [0.15, 0.2) is 17.5 Å². The van der Waals surface area contributed by atoms with Gasteiger partial charge in [0.1, 0.15) is 0 Å². The van der Waals surface area contributed by atoms with Crippen molar-refractivity contribution < 1.29 is 0 Å². The summed E-state index contributed by atoms with van der Waals surface area (Å²) in [5.41, 5.74) is 12.3. The largest absolute Gasteiger partial charge is 0.208 e. The molecule has 0 saturated carbocycles. The van der Waals surface area contributed by atoms with Crippen LogP contribution in [0, 0.1) is 0 Å². The minimum atomic E-state index is 0.644. The van der Waals surface area contributed by atoms with Gasteiger partial charge in [-0.1, -0.05) is 176 Å². The first-order valence-corrected chi connectivity index (χ1v) is 19.3. The third-order valence-electron chi connectivity index (χ3n) is 10.1. The first-order valence-electron chi connectivity index (χ1n) is 18.4. The van der Waals surface area contributed by atoms with Gasteiger partial charge < -0.3 is 0 Å². The van der Waals surface area contributed by atoms with Gasteiger partial charge in [-0.2, -0.15) is 0 Å². The van der Waals surface area contributed by atoms with Gasteiger partial charge in [-0.3, -0.25) is 0 Å². The summed E-state index contributed by atoms with van der Waals surface area (Å²) >= 11 is 1.81. The van der Waals surface area contributed by atoms with E-state index in [0.717, 1.165) is 32.5 Å². The highest BCUT2D eigenvalue weighted by Crippen LogP contribution is 2.46. The molecule has 10 aromatic rings. The van der Waals surface area contributed by atoms with Crippen LogP contribution in [0.25, 0.3) is 98.8 Å². The molecule has 0 unspecified atom stereocenters. The number of hydrogen-bond acceptors (Lipinski definition) is 4. The standard InChI is InChI=1S/C51H33N3S/c1-5-15-34(16-6-1)37-27-29-38(30-28-37)45-32-42(36-19-9-3-10-20-36)33-46-43-25-14-26-44(47(43)55-48(45)46)51-53-49(39-21-11-4-12-22-39)52-50(54-51)41-24-13-23-40(31-41)35-17-7-2-8-18-35/h1-33H. The number of nitrogens with zero attached hydrogens (tertiary/aromatic N) is 3. The van der Waals surface area contributed by atoms with E-state index in [9.17, 15) is 0 Å². The molecule has 2 aromatic heterocycles. The molecule has 2 heterocycles. The molecule has 0 amide bonds. The lowest BCUT2D eigenvalue weighted by molar-refractivity contribution is 1.08. The fourth-order valence-electron chi connectivity index (χ4n) is 7.37. The van der Waals surface area contributed by atoms with Crippen LogP contribution < -0.4 is 0 Å². The number of fused-ring (bicyclic) bond motifs is 3. The molecule has 0 aliphatic heterocycles. The zero-order chi connectivity index (χ0) is 36.6. The summed E-state index contributed by atoms with van der Waals surface area (Å²) in [7, 11) is 0. The molecule has 0 bridgehead atoms. The van der Waals surface area contributed by atoms with Gasteiger partial charge in [0.2, 0.25) is 0 Å². The third kappa shape index (κ3) is 6.29. The highest BCUT2D eigenvalue weighted by molar-refractivity contribution is 7.26. The predicted octanol–water partition coefficient (Wildman–Crippen LogP) is 13.9. The molecule has 258 valence electrons. The summed E-state index contributed by atoms with van der Waals surface area (Å²) in [4.78, 5) is 15.5. The van der Waals surface area contributed by atoms with Crippen molar-refractivity contribution in [3.05, 3.63) is 200 Å². The summed E-state index contributed by atoms with van der Waals surface area (Å²) < 4.78 is 2.39. The Bertz CT molecular complexity index is 2940. The molecule has 3 nitrogen and oxygen atoms in total. The Morgan fingerprint density at radius 3 is 1.36 bits per heavy atom. The average Bonchev–Trinajstić information content (AvgIpc) is 3.66. The van der Waals surface area contributed by atoms with Gasteiger partial charge in [0.25, 0.3) is 0 Å². The van der Waals surface area contributed by atoms with Crippen molar-refractivity contribution >= 4 is 31.5 Å². The van der Waals surface area contributed by atoms with Gasteiger partial charge in [0, 0.05) is 42.4 Å². The van der Waals surface area contributed by atoms with E-state index in [-0.39, 0.29) is 0 Å². The van der Waals surface area contributed by atoms with Crippen LogP contribution in [0.15, 0.2) is 200 Å². The average molecular weight is 720 g/mol. The monoisotopic (exact) mass is 719 g/mol. The fraction of sp³-hybridized carbons (Fsp3) is 0. The molecule has 0 aliphatic rings. The number of benzene rings is 8. The summed E-state index contributed by atoms with van der Waals surface area (Å²) in [6, 6.07) is 70.5. The molecule has 55 heavy (non-hydrogen) atoms. The van der Waals surface area contributed by atoms with E-state index < -0.39 is 0 Å².